The monoisotopic (exact) mass is 372 g/mol. The number of nitrogens with zero attached hydrogens (tertiary/aromatic N) is 2. The van der Waals surface area contributed by atoms with Crippen molar-refractivity contribution in [3.63, 3.8) is 0 Å². The van der Waals surface area contributed by atoms with E-state index in [0.717, 1.165) is 36.8 Å². The summed E-state index contributed by atoms with van der Waals surface area (Å²) in [6.07, 6.45) is 4.11. The van der Waals surface area contributed by atoms with Crippen molar-refractivity contribution < 1.29 is 4.74 Å². The summed E-state index contributed by atoms with van der Waals surface area (Å²) in [7, 11) is 1.84. The zero-order valence-corrected chi connectivity index (χ0v) is 17.4. The smallest absolute Gasteiger partial charge is 0.191 e. The van der Waals surface area contributed by atoms with Crippen molar-refractivity contribution >= 4 is 5.96 Å². The fourth-order valence-corrected chi connectivity index (χ4v) is 3.64. The molecular formula is C22H36N4O. The van der Waals surface area contributed by atoms with Gasteiger partial charge < -0.3 is 20.3 Å². The Hall–Kier alpha value is -1.75. The minimum absolute atomic E-state index is 0.196. The largest absolute Gasteiger partial charge is 0.493 e. The third-order valence-electron chi connectivity index (χ3n) is 5.48. The summed E-state index contributed by atoms with van der Waals surface area (Å²) in [6, 6.07) is 9.45. The number of rotatable bonds is 8. The normalized spacial score (nSPS) is 22.1. The van der Waals surface area contributed by atoms with E-state index in [9.17, 15) is 0 Å². The van der Waals surface area contributed by atoms with Crippen molar-refractivity contribution in [3.05, 3.63) is 29.8 Å². The lowest BCUT2D eigenvalue weighted by Gasteiger charge is -2.20. The molecule has 2 aliphatic rings. The Balaban J connectivity index is 1.43. The number of hydrogen-bond acceptors (Lipinski definition) is 3. The predicted molar refractivity (Wildman–Crippen MR) is 112 cm³/mol. The summed E-state index contributed by atoms with van der Waals surface area (Å²) < 4.78 is 5.77. The predicted octanol–water partition coefficient (Wildman–Crippen LogP) is 3.43. The van der Waals surface area contributed by atoms with E-state index in [1.165, 1.54) is 37.9 Å². The highest BCUT2D eigenvalue weighted by molar-refractivity contribution is 5.80. The minimum atomic E-state index is 0.196. The third-order valence-corrected chi connectivity index (χ3v) is 5.48. The van der Waals surface area contributed by atoms with E-state index in [4.69, 9.17) is 4.74 Å². The molecular weight excluding hydrogens is 336 g/mol. The summed E-state index contributed by atoms with van der Waals surface area (Å²) in [4.78, 5) is 7.06. The van der Waals surface area contributed by atoms with E-state index >= 15 is 0 Å². The lowest BCUT2D eigenvalue weighted by molar-refractivity contribution is 0.271. The number of aliphatic imine (C=N–C) groups is 1. The van der Waals surface area contributed by atoms with E-state index in [-0.39, 0.29) is 6.04 Å². The molecule has 5 nitrogen and oxygen atoms in total. The van der Waals surface area contributed by atoms with E-state index in [1.54, 1.807) is 0 Å². The van der Waals surface area contributed by atoms with Crippen molar-refractivity contribution in [3.8, 4) is 5.75 Å². The standard InChI is InChI=1S/C22H36N4O/c1-16(2)15-27-21-9-5-19(6-10-21)17(3)25-22(23-4)24-13-18-11-12-26(14-18)20-7-8-20/h5-6,9-10,16-18,20H,7-8,11-15H2,1-4H3,(H2,23,24,25). The Kier molecular flexibility index (Phi) is 7.00. The molecule has 0 amide bonds. The van der Waals surface area contributed by atoms with Crippen LogP contribution in [0.5, 0.6) is 5.75 Å². The first-order chi connectivity index (χ1) is 13.0. The van der Waals surface area contributed by atoms with Gasteiger partial charge in [0.2, 0.25) is 0 Å². The van der Waals surface area contributed by atoms with Crippen LogP contribution < -0.4 is 15.4 Å². The number of ether oxygens (including phenoxy) is 1. The van der Waals surface area contributed by atoms with Gasteiger partial charge in [0.05, 0.1) is 12.6 Å². The van der Waals surface area contributed by atoms with Gasteiger partial charge in [-0.25, -0.2) is 0 Å². The van der Waals surface area contributed by atoms with Gasteiger partial charge in [0.25, 0.3) is 0 Å². The molecule has 3 rings (SSSR count). The van der Waals surface area contributed by atoms with Crippen LogP contribution in [0.4, 0.5) is 0 Å². The fraction of sp³-hybridized carbons (Fsp3) is 0.682. The fourth-order valence-electron chi connectivity index (χ4n) is 3.64. The second-order valence-electron chi connectivity index (χ2n) is 8.47. The highest BCUT2D eigenvalue weighted by atomic mass is 16.5. The van der Waals surface area contributed by atoms with E-state index < -0.39 is 0 Å². The van der Waals surface area contributed by atoms with Crippen LogP contribution >= 0.6 is 0 Å². The van der Waals surface area contributed by atoms with Crippen molar-refractivity contribution in [1.29, 1.82) is 0 Å². The van der Waals surface area contributed by atoms with Gasteiger partial charge in [-0.15, -0.1) is 0 Å². The average molecular weight is 373 g/mol. The van der Waals surface area contributed by atoms with Gasteiger partial charge in [-0.3, -0.25) is 4.99 Å². The van der Waals surface area contributed by atoms with Crippen LogP contribution in [0.1, 0.15) is 51.6 Å². The first kappa shape index (κ1) is 20.0. The SMILES string of the molecule is CN=C(NCC1CCN(C2CC2)C1)NC(C)c1ccc(OCC(C)C)cc1. The molecule has 2 atom stereocenters. The number of likely N-dealkylation sites (tertiary alicyclic amines) is 1. The van der Waals surface area contributed by atoms with Crippen LogP contribution in [0.2, 0.25) is 0 Å². The Bertz CT molecular complexity index is 609. The molecule has 1 aromatic carbocycles. The van der Waals surface area contributed by atoms with Crippen LogP contribution in [-0.2, 0) is 0 Å². The summed E-state index contributed by atoms with van der Waals surface area (Å²) in [5.41, 5.74) is 1.23. The van der Waals surface area contributed by atoms with E-state index in [0.29, 0.717) is 5.92 Å². The maximum Gasteiger partial charge on any atom is 0.191 e. The Morgan fingerprint density at radius 3 is 2.56 bits per heavy atom. The van der Waals surface area contributed by atoms with Gasteiger partial charge in [0.15, 0.2) is 5.96 Å². The number of benzene rings is 1. The van der Waals surface area contributed by atoms with Gasteiger partial charge in [-0.1, -0.05) is 26.0 Å². The highest BCUT2D eigenvalue weighted by Crippen LogP contribution is 2.31. The zero-order chi connectivity index (χ0) is 19.2. The minimum Gasteiger partial charge on any atom is -0.493 e. The first-order valence-corrected chi connectivity index (χ1v) is 10.5. The lowest BCUT2D eigenvalue weighted by Crippen LogP contribution is -2.41. The topological polar surface area (TPSA) is 48.9 Å². The third kappa shape index (κ3) is 6.13. The van der Waals surface area contributed by atoms with Crippen LogP contribution in [-0.4, -0.2) is 50.2 Å². The molecule has 27 heavy (non-hydrogen) atoms. The summed E-state index contributed by atoms with van der Waals surface area (Å²) in [5.74, 6) is 3.09. The van der Waals surface area contributed by atoms with Crippen LogP contribution in [0, 0.1) is 11.8 Å². The van der Waals surface area contributed by atoms with Gasteiger partial charge in [0, 0.05) is 26.2 Å². The van der Waals surface area contributed by atoms with Crippen molar-refractivity contribution in [1.82, 2.24) is 15.5 Å². The zero-order valence-electron chi connectivity index (χ0n) is 17.4. The van der Waals surface area contributed by atoms with E-state index in [1.807, 2.05) is 7.05 Å². The lowest BCUT2D eigenvalue weighted by atomic mass is 10.1. The van der Waals surface area contributed by atoms with Crippen LogP contribution in [0.3, 0.4) is 0 Å². The molecule has 150 valence electrons. The van der Waals surface area contributed by atoms with Gasteiger partial charge in [0.1, 0.15) is 5.75 Å². The number of guanidine groups is 1. The van der Waals surface area contributed by atoms with Crippen LogP contribution in [0.15, 0.2) is 29.3 Å². The molecule has 1 heterocycles. The number of hydrogen-bond donors (Lipinski definition) is 2. The second-order valence-corrected chi connectivity index (χ2v) is 8.47. The molecule has 1 aliphatic heterocycles. The molecule has 0 aromatic heterocycles. The Labute approximate surface area is 164 Å². The highest BCUT2D eigenvalue weighted by Gasteiger charge is 2.34. The molecule has 1 aliphatic carbocycles. The Morgan fingerprint density at radius 2 is 1.93 bits per heavy atom. The molecule has 0 radical (unpaired) electrons. The molecule has 2 fully saturated rings. The molecule has 2 unspecified atom stereocenters. The molecule has 1 saturated carbocycles. The van der Waals surface area contributed by atoms with Gasteiger partial charge >= 0.3 is 0 Å². The molecule has 0 bridgehead atoms. The Morgan fingerprint density at radius 1 is 1.19 bits per heavy atom. The van der Waals surface area contributed by atoms with Gasteiger partial charge in [-0.05, 0) is 62.3 Å². The first-order valence-electron chi connectivity index (χ1n) is 10.5. The summed E-state index contributed by atoms with van der Waals surface area (Å²) in [5, 5.41) is 7.03. The maximum atomic E-state index is 5.77. The second kappa shape index (κ2) is 9.45. The maximum absolute atomic E-state index is 5.77. The van der Waals surface area contributed by atoms with Crippen LogP contribution in [0.25, 0.3) is 0 Å². The molecule has 1 aromatic rings. The summed E-state index contributed by atoms with van der Waals surface area (Å²) in [6.45, 7) is 10.7. The molecule has 2 N–H and O–H groups in total. The molecule has 5 heteroatoms. The van der Waals surface area contributed by atoms with Crippen molar-refractivity contribution in [2.45, 2.75) is 52.1 Å². The van der Waals surface area contributed by atoms with Gasteiger partial charge in [-0.2, -0.15) is 0 Å². The average Bonchev–Trinajstić information content (AvgIpc) is 3.42. The van der Waals surface area contributed by atoms with Crippen molar-refractivity contribution in [2.24, 2.45) is 16.8 Å². The number of nitrogens with one attached hydrogen (secondary N) is 2. The quantitative estimate of drug-likeness (QED) is 0.542. The van der Waals surface area contributed by atoms with E-state index in [2.05, 4.69) is 65.6 Å². The molecule has 1 saturated heterocycles. The molecule has 0 spiro atoms. The van der Waals surface area contributed by atoms with Crippen molar-refractivity contribution in [2.75, 3.05) is 33.3 Å². The summed E-state index contributed by atoms with van der Waals surface area (Å²) >= 11 is 0.